The minimum Gasteiger partial charge on any atom is -0.361 e. The van der Waals surface area contributed by atoms with Crippen LogP contribution in [0.1, 0.15) is 26.5 Å². The Labute approximate surface area is 155 Å². The molecule has 0 saturated carbocycles. The zero-order valence-corrected chi connectivity index (χ0v) is 15.5. The molecule has 2 N–H and O–H groups in total. The van der Waals surface area contributed by atoms with Crippen LogP contribution in [0.5, 0.6) is 0 Å². The highest BCUT2D eigenvalue weighted by Crippen LogP contribution is 2.30. The zero-order chi connectivity index (χ0) is 18.1. The molecule has 0 bridgehead atoms. The average Bonchev–Trinajstić information content (AvgIpc) is 3.25. The van der Waals surface area contributed by atoms with E-state index in [1.807, 2.05) is 49.5 Å². The summed E-state index contributed by atoms with van der Waals surface area (Å²) in [4.78, 5) is 21.4. The normalized spacial score (nSPS) is 11.0. The summed E-state index contributed by atoms with van der Waals surface area (Å²) in [6, 6.07) is 15.9. The Balaban J connectivity index is 1.51. The van der Waals surface area contributed by atoms with Gasteiger partial charge in [0.25, 0.3) is 5.91 Å². The molecule has 5 heteroatoms. The molecular weight excluding hydrogens is 342 g/mol. The highest BCUT2D eigenvalue weighted by atomic mass is 32.1. The predicted molar refractivity (Wildman–Crippen MR) is 106 cm³/mol. The number of carbonyl (C=O) groups excluding carboxylic acids is 1. The fraction of sp³-hybridized carbons (Fsp3) is 0.143. The van der Waals surface area contributed by atoms with E-state index in [1.165, 1.54) is 5.56 Å². The quantitative estimate of drug-likeness (QED) is 0.546. The molecule has 0 aliphatic heterocycles. The van der Waals surface area contributed by atoms with Crippen molar-refractivity contribution in [1.29, 1.82) is 0 Å². The number of nitrogens with zero attached hydrogens (tertiary/aromatic N) is 1. The van der Waals surface area contributed by atoms with Crippen LogP contribution in [0.2, 0.25) is 0 Å². The number of aryl methyl sites for hydroxylation is 2. The van der Waals surface area contributed by atoms with Crippen LogP contribution in [0.15, 0.2) is 54.7 Å². The van der Waals surface area contributed by atoms with E-state index in [0.717, 1.165) is 32.0 Å². The molecule has 0 saturated heterocycles. The molecule has 130 valence electrons. The highest BCUT2D eigenvalue weighted by Gasteiger charge is 2.13. The molecule has 1 amide bonds. The lowest BCUT2D eigenvalue weighted by Crippen LogP contribution is -2.22. The molecule has 4 rings (SSSR count). The molecular formula is C21H19N3OS. The summed E-state index contributed by atoms with van der Waals surface area (Å²) in [5.41, 5.74) is 4.94. The van der Waals surface area contributed by atoms with Crippen LogP contribution < -0.4 is 5.32 Å². The molecule has 4 aromatic rings. The second kappa shape index (κ2) is 6.77. The Morgan fingerprint density at radius 3 is 2.85 bits per heavy atom. The van der Waals surface area contributed by atoms with Crippen molar-refractivity contribution >= 4 is 28.1 Å². The maximum absolute atomic E-state index is 12.5. The summed E-state index contributed by atoms with van der Waals surface area (Å²) in [6.07, 6.45) is 1.88. The van der Waals surface area contributed by atoms with Crippen LogP contribution >= 0.6 is 11.3 Å². The van der Waals surface area contributed by atoms with Gasteiger partial charge in [-0.15, -0.1) is 11.3 Å². The van der Waals surface area contributed by atoms with Gasteiger partial charge in [0.05, 0.1) is 12.2 Å². The van der Waals surface area contributed by atoms with Gasteiger partial charge in [-0.3, -0.25) is 4.79 Å². The summed E-state index contributed by atoms with van der Waals surface area (Å²) >= 11 is 1.64. The van der Waals surface area contributed by atoms with Crippen molar-refractivity contribution in [2.24, 2.45) is 0 Å². The number of aromatic nitrogens is 2. The second-order valence-electron chi connectivity index (χ2n) is 6.30. The fourth-order valence-electron chi connectivity index (χ4n) is 2.97. The van der Waals surface area contributed by atoms with Crippen LogP contribution in [0.3, 0.4) is 0 Å². The lowest BCUT2D eigenvalue weighted by Gasteiger charge is -2.04. The number of benzene rings is 2. The Morgan fingerprint density at radius 2 is 2.00 bits per heavy atom. The van der Waals surface area contributed by atoms with Gasteiger partial charge in [0.2, 0.25) is 0 Å². The van der Waals surface area contributed by atoms with E-state index in [1.54, 1.807) is 11.3 Å². The predicted octanol–water partition coefficient (Wildman–Crippen LogP) is 4.84. The number of rotatable bonds is 4. The number of hydrogen-bond acceptors (Lipinski definition) is 3. The molecule has 0 spiro atoms. The summed E-state index contributed by atoms with van der Waals surface area (Å²) in [6.45, 7) is 4.56. The van der Waals surface area contributed by atoms with Crippen LogP contribution in [-0.2, 0) is 6.54 Å². The van der Waals surface area contributed by atoms with Crippen LogP contribution in [-0.4, -0.2) is 15.9 Å². The first-order valence-corrected chi connectivity index (χ1v) is 9.31. The maximum Gasteiger partial charge on any atom is 0.251 e. The first-order valence-electron chi connectivity index (χ1n) is 8.49. The fourth-order valence-corrected chi connectivity index (χ4v) is 4.06. The number of nitrogens with one attached hydrogen (secondary N) is 2. The van der Waals surface area contributed by atoms with Gasteiger partial charge in [-0.1, -0.05) is 30.3 Å². The third kappa shape index (κ3) is 3.13. The van der Waals surface area contributed by atoms with Crippen molar-refractivity contribution < 1.29 is 4.79 Å². The van der Waals surface area contributed by atoms with Crippen molar-refractivity contribution in [1.82, 2.24) is 15.3 Å². The highest BCUT2D eigenvalue weighted by molar-refractivity contribution is 7.15. The van der Waals surface area contributed by atoms with Gasteiger partial charge < -0.3 is 10.3 Å². The van der Waals surface area contributed by atoms with Gasteiger partial charge in [0.1, 0.15) is 5.01 Å². The molecule has 0 unspecified atom stereocenters. The first kappa shape index (κ1) is 16.5. The van der Waals surface area contributed by atoms with E-state index in [4.69, 9.17) is 0 Å². The molecule has 2 aromatic carbocycles. The first-order chi connectivity index (χ1) is 12.6. The van der Waals surface area contributed by atoms with E-state index in [2.05, 4.69) is 34.3 Å². The summed E-state index contributed by atoms with van der Waals surface area (Å²) < 4.78 is 0. The number of hydrogen-bond donors (Lipinski definition) is 2. The Bertz CT molecular complexity index is 1090. The zero-order valence-electron chi connectivity index (χ0n) is 14.7. The molecule has 0 radical (unpaired) electrons. The van der Waals surface area contributed by atoms with Gasteiger partial charge in [-0.25, -0.2) is 4.98 Å². The van der Waals surface area contributed by atoms with Crippen molar-refractivity contribution in [2.75, 3.05) is 0 Å². The lowest BCUT2D eigenvalue weighted by atomic mass is 10.1. The van der Waals surface area contributed by atoms with Gasteiger partial charge >= 0.3 is 0 Å². The van der Waals surface area contributed by atoms with Crippen molar-refractivity contribution in [2.45, 2.75) is 20.4 Å². The number of thiazole rings is 1. The topological polar surface area (TPSA) is 57.8 Å². The third-order valence-electron chi connectivity index (χ3n) is 4.49. The van der Waals surface area contributed by atoms with E-state index < -0.39 is 0 Å². The van der Waals surface area contributed by atoms with E-state index in [-0.39, 0.29) is 5.91 Å². The van der Waals surface area contributed by atoms with Gasteiger partial charge in [0.15, 0.2) is 0 Å². The van der Waals surface area contributed by atoms with Crippen molar-refractivity contribution in [3.63, 3.8) is 0 Å². The number of H-pyrrole nitrogens is 1. The molecule has 0 atom stereocenters. The Morgan fingerprint density at radius 1 is 1.15 bits per heavy atom. The molecule has 4 nitrogen and oxygen atoms in total. The summed E-state index contributed by atoms with van der Waals surface area (Å²) in [5.74, 6) is -0.0771. The average molecular weight is 361 g/mol. The number of carbonyl (C=O) groups is 1. The molecule has 0 aliphatic rings. The standard InChI is InChI=1S/C21H19N3OS/c1-13-5-3-4-6-17(13)21-24-14(2)19(26-21)12-23-20(25)16-8-7-15-9-10-22-18(15)11-16/h3-11,22H,12H2,1-2H3,(H,23,25). The SMILES string of the molecule is Cc1ccccc1-c1nc(C)c(CNC(=O)c2ccc3cc[nH]c3c2)s1. The van der Waals surface area contributed by atoms with Crippen LogP contribution in [0.25, 0.3) is 21.5 Å². The minimum absolute atomic E-state index is 0.0771. The smallest absolute Gasteiger partial charge is 0.251 e. The van der Waals surface area contributed by atoms with E-state index >= 15 is 0 Å². The number of fused-ring (bicyclic) bond motifs is 1. The number of amides is 1. The van der Waals surface area contributed by atoms with Crippen LogP contribution in [0, 0.1) is 13.8 Å². The minimum atomic E-state index is -0.0771. The second-order valence-corrected chi connectivity index (χ2v) is 7.39. The summed E-state index contributed by atoms with van der Waals surface area (Å²) in [5, 5.41) is 5.11. The third-order valence-corrected chi connectivity index (χ3v) is 5.69. The Hall–Kier alpha value is -2.92. The largest absolute Gasteiger partial charge is 0.361 e. The van der Waals surface area contributed by atoms with Gasteiger partial charge in [-0.2, -0.15) is 0 Å². The molecule has 26 heavy (non-hydrogen) atoms. The van der Waals surface area contributed by atoms with Gasteiger partial charge in [-0.05, 0) is 43.0 Å². The number of aromatic amines is 1. The van der Waals surface area contributed by atoms with Crippen molar-refractivity contribution in [3.05, 3.63) is 76.4 Å². The lowest BCUT2D eigenvalue weighted by molar-refractivity contribution is 0.0951. The summed E-state index contributed by atoms with van der Waals surface area (Å²) in [7, 11) is 0. The van der Waals surface area contributed by atoms with Crippen molar-refractivity contribution in [3.8, 4) is 10.6 Å². The van der Waals surface area contributed by atoms with Gasteiger partial charge in [0, 0.05) is 27.7 Å². The van der Waals surface area contributed by atoms with Crippen LogP contribution in [0.4, 0.5) is 0 Å². The molecule has 0 aliphatic carbocycles. The molecule has 0 fully saturated rings. The monoisotopic (exact) mass is 361 g/mol. The van der Waals surface area contributed by atoms with E-state index in [0.29, 0.717) is 12.1 Å². The van der Waals surface area contributed by atoms with E-state index in [9.17, 15) is 4.79 Å². The molecule has 2 aromatic heterocycles. The molecule has 2 heterocycles. The Kier molecular flexibility index (Phi) is 4.31. The maximum atomic E-state index is 12.5.